The van der Waals surface area contributed by atoms with Gasteiger partial charge in [0, 0.05) is 25.8 Å². The number of ketones is 1. The first kappa shape index (κ1) is 27.3. The maximum absolute atomic E-state index is 13.3. The molecule has 2 aromatic carbocycles. The zero-order valence-electron chi connectivity index (χ0n) is 22.2. The van der Waals surface area contributed by atoms with E-state index in [9.17, 15) is 14.7 Å². The van der Waals surface area contributed by atoms with Crippen LogP contribution in [-0.2, 0) is 14.3 Å². The van der Waals surface area contributed by atoms with Gasteiger partial charge < -0.3 is 33.7 Å². The lowest BCUT2D eigenvalue weighted by Crippen LogP contribution is -2.31. The van der Waals surface area contributed by atoms with Crippen LogP contribution >= 0.6 is 0 Å². The molecule has 1 fully saturated rings. The monoisotopic (exact) mass is 525 g/mol. The number of Topliss-reactive ketones (excluding diaryl/α,β-unsaturated/α-hetero) is 1. The van der Waals surface area contributed by atoms with Crippen molar-refractivity contribution in [3.63, 3.8) is 0 Å². The van der Waals surface area contributed by atoms with Gasteiger partial charge in [0.05, 0.1) is 24.8 Å². The van der Waals surface area contributed by atoms with E-state index in [1.54, 1.807) is 43.5 Å². The minimum absolute atomic E-state index is 0.00574. The number of unbranched alkanes of at least 4 members (excludes halogenated alkanes) is 1. The summed E-state index contributed by atoms with van der Waals surface area (Å²) in [6.45, 7) is 6.45. The van der Waals surface area contributed by atoms with Gasteiger partial charge in [0.2, 0.25) is 0 Å². The number of aliphatic hydroxyl groups excluding tert-OH is 1. The number of amides is 1. The van der Waals surface area contributed by atoms with Crippen molar-refractivity contribution in [3.05, 3.63) is 53.1 Å². The Hall–Kier alpha value is -3.72. The van der Waals surface area contributed by atoms with Gasteiger partial charge in [0.1, 0.15) is 19.0 Å². The van der Waals surface area contributed by atoms with Gasteiger partial charge in [0.25, 0.3) is 11.7 Å². The molecule has 2 heterocycles. The smallest absolute Gasteiger partial charge is 0.295 e. The Morgan fingerprint density at radius 1 is 0.974 bits per heavy atom. The van der Waals surface area contributed by atoms with Crippen molar-refractivity contribution in [2.24, 2.45) is 0 Å². The van der Waals surface area contributed by atoms with E-state index in [1.807, 2.05) is 6.92 Å². The van der Waals surface area contributed by atoms with E-state index < -0.39 is 17.7 Å². The quantitative estimate of drug-likeness (QED) is 0.187. The Morgan fingerprint density at radius 3 is 2.50 bits per heavy atom. The molecule has 0 saturated carbocycles. The molecular weight excluding hydrogens is 490 g/mol. The number of aliphatic hydroxyl groups is 1. The summed E-state index contributed by atoms with van der Waals surface area (Å²) in [4.78, 5) is 28.0. The van der Waals surface area contributed by atoms with Crippen molar-refractivity contribution >= 4 is 17.4 Å². The van der Waals surface area contributed by atoms with E-state index in [2.05, 4.69) is 6.92 Å². The molecule has 2 aromatic rings. The summed E-state index contributed by atoms with van der Waals surface area (Å²) in [5.41, 5.74) is 0.997. The predicted octanol–water partition coefficient (Wildman–Crippen LogP) is 4.49. The summed E-state index contributed by atoms with van der Waals surface area (Å²) in [7, 11) is 1.58. The van der Waals surface area contributed by atoms with Crippen LogP contribution in [0.5, 0.6) is 23.0 Å². The minimum atomic E-state index is -0.816. The number of rotatable bonds is 12. The highest BCUT2D eigenvalue weighted by Crippen LogP contribution is 2.43. The third kappa shape index (κ3) is 5.72. The Balaban J connectivity index is 1.79. The second kappa shape index (κ2) is 12.7. The van der Waals surface area contributed by atoms with E-state index in [4.69, 9.17) is 23.7 Å². The van der Waals surface area contributed by atoms with Crippen LogP contribution in [0, 0.1) is 0 Å². The van der Waals surface area contributed by atoms with Gasteiger partial charge in [-0.15, -0.1) is 0 Å². The van der Waals surface area contributed by atoms with E-state index in [0.717, 1.165) is 12.8 Å². The Morgan fingerprint density at radius 2 is 1.76 bits per heavy atom. The molecule has 4 rings (SSSR count). The van der Waals surface area contributed by atoms with Crippen molar-refractivity contribution in [2.45, 2.75) is 39.2 Å². The molecule has 38 heavy (non-hydrogen) atoms. The minimum Gasteiger partial charge on any atom is -0.507 e. The van der Waals surface area contributed by atoms with E-state index in [-0.39, 0.29) is 17.9 Å². The second-order valence-electron chi connectivity index (χ2n) is 9.04. The number of carbonyl (C=O) groups is 2. The first-order valence-electron chi connectivity index (χ1n) is 13.1. The molecular formula is C29H35NO8. The number of methoxy groups -OCH3 is 1. The number of likely N-dealkylation sites (tertiary alicyclic amines) is 1. The zero-order chi connectivity index (χ0) is 27.1. The summed E-state index contributed by atoms with van der Waals surface area (Å²) in [6, 6.07) is 9.51. The first-order chi connectivity index (χ1) is 18.5. The molecule has 2 aliphatic heterocycles. The number of fused-ring (bicyclic) bond motifs is 1. The lowest BCUT2D eigenvalue weighted by Gasteiger charge is -2.26. The highest BCUT2D eigenvalue weighted by molar-refractivity contribution is 6.46. The van der Waals surface area contributed by atoms with Gasteiger partial charge in [-0.1, -0.05) is 19.4 Å². The predicted molar refractivity (Wildman–Crippen MR) is 141 cm³/mol. The van der Waals surface area contributed by atoms with Crippen LogP contribution in [-0.4, -0.2) is 68.4 Å². The van der Waals surface area contributed by atoms with Gasteiger partial charge in [-0.05, 0) is 55.7 Å². The SMILES string of the molecule is CCCCOc1ccc(C2/C(=C(/O)c3ccc4c(c3)OCCO4)C(=O)C(=O)N2CCCOC)cc1OCC. The molecule has 1 saturated heterocycles. The van der Waals surface area contributed by atoms with Crippen molar-refractivity contribution in [3.8, 4) is 23.0 Å². The number of nitrogens with zero attached hydrogens (tertiary/aromatic N) is 1. The third-order valence-corrected chi connectivity index (χ3v) is 6.44. The number of hydrogen-bond acceptors (Lipinski definition) is 8. The number of ether oxygens (including phenoxy) is 5. The Bertz CT molecular complexity index is 1190. The van der Waals surface area contributed by atoms with Gasteiger partial charge in [-0.2, -0.15) is 0 Å². The van der Waals surface area contributed by atoms with E-state index in [1.165, 1.54) is 4.90 Å². The molecule has 0 aliphatic carbocycles. The lowest BCUT2D eigenvalue weighted by atomic mass is 9.94. The molecule has 1 atom stereocenters. The van der Waals surface area contributed by atoms with Gasteiger partial charge in [-0.3, -0.25) is 9.59 Å². The van der Waals surface area contributed by atoms with Crippen LogP contribution in [0.4, 0.5) is 0 Å². The lowest BCUT2D eigenvalue weighted by molar-refractivity contribution is -0.140. The van der Waals surface area contributed by atoms with E-state index in [0.29, 0.717) is 73.6 Å². The summed E-state index contributed by atoms with van der Waals surface area (Å²) in [5.74, 6) is 0.436. The topological polar surface area (TPSA) is 104 Å². The molecule has 1 unspecified atom stereocenters. The largest absolute Gasteiger partial charge is 0.507 e. The Labute approximate surface area is 222 Å². The molecule has 2 aliphatic rings. The summed E-state index contributed by atoms with van der Waals surface area (Å²) >= 11 is 0. The molecule has 9 heteroatoms. The van der Waals surface area contributed by atoms with Crippen molar-refractivity contribution in [1.29, 1.82) is 0 Å². The van der Waals surface area contributed by atoms with Crippen LogP contribution in [0.2, 0.25) is 0 Å². The normalized spacial score (nSPS) is 18.1. The third-order valence-electron chi connectivity index (χ3n) is 6.44. The van der Waals surface area contributed by atoms with Crippen LogP contribution in [0.15, 0.2) is 42.0 Å². The highest BCUT2D eigenvalue weighted by atomic mass is 16.6. The molecule has 9 nitrogen and oxygen atoms in total. The number of carbonyl (C=O) groups excluding carboxylic acids is 2. The maximum atomic E-state index is 13.3. The molecule has 1 amide bonds. The second-order valence-corrected chi connectivity index (χ2v) is 9.04. The van der Waals surface area contributed by atoms with Crippen LogP contribution in [0.25, 0.3) is 5.76 Å². The summed E-state index contributed by atoms with van der Waals surface area (Å²) in [6.07, 6.45) is 2.43. The molecule has 0 radical (unpaired) electrons. The maximum Gasteiger partial charge on any atom is 0.295 e. The molecule has 0 aromatic heterocycles. The van der Waals surface area contributed by atoms with Gasteiger partial charge in [-0.25, -0.2) is 0 Å². The van der Waals surface area contributed by atoms with Crippen LogP contribution in [0.3, 0.4) is 0 Å². The number of hydrogen-bond donors (Lipinski definition) is 1. The standard InChI is InChI=1S/C29H35NO8/c1-4-6-14-36-21-10-8-19(17-23(21)35-5-2)26-25(28(32)29(33)30(26)12-7-13-34-3)27(31)20-9-11-22-24(18-20)38-16-15-37-22/h8-11,17-18,26,31H,4-7,12-16H2,1-3H3/b27-25-. The Kier molecular flexibility index (Phi) is 9.12. The zero-order valence-corrected chi connectivity index (χ0v) is 22.2. The fourth-order valence-corrected chi connectivity index (χ4v) is 4.59. The van der Waals surface area contributed by atoms with Gasteiger partial charge >= 0.3 is 0 Å². The molecule has 1 N–H and O–H groups in total. The van der Waals surface area contributed by atoms with Crippen molar-refractivity contribution < 1.29 is 38.4 Å². The molecule has 204 valence electrons. The summed E-state index contributed by atoms with van der Waals surface area (Å²) in [5, 5.41) is 11.4. The fraction of sp³-hybridized carbons (Fsp3) is 0.448. The average molecular weight is 526 g/mol. The van der Waals surface area contributed by atoms with Crippen LogP contribution < -0.4 is 18.9 Å². The fourth-order valence-electron chi connectivity index (χ4n) is 4.59. The van der Waals surface area contributed by atoms with Crippen molar-refractivity contribution in [1.82, 2.24) is 4.90 Å². The highest BCUT2D eigenvalue weighted by Gasteiger charge is 2.46. The average Bonchev–Trinajstić information content (AvgIpc) is 3.18. The summed E-state index contributed by atoms with van der Waals surface area (Å²) < 4.78 is 28.2. The molecule has 0 bridgehead atoms. The first-order valence-corrected chi connectivity index (χ1v) is 13.1. The molecule has 0 spiro atoms. The van der Waals surface area contributed by atoms with E-state index >= 15 is 0 Å². The number of benzene rings is 2. The van der Waals surface area contributed by atoms with Crippen LogP contribution in [0.1, 0.15) is 50.3 Å². The van der Waals surface area contributed by atoms with Crippen molar-refractivity contribution in [2.75, 3.05) is 46.7 Å². The van der Waals surface area contributed by atoms with Gasteiger partial charge in [0.15, 0.2) is 23.0 Å².